The van der Waals surface area contributed by atoms with Gasteiger partial charge in [0.15, 0.2) is 0 Å². The van der Waals surface area contributed by atoms with Crippen LogP contribution in [0.1, 0.15) is 18.4 Å². The minimum atomic E-state index is -0.590. The first-order chi connectivity index (χ1) is 10.2. The van der Waals surface area contributed by atoms with E-state index < -0.39 is 6.10 Å². The zero-order valence-electron chi connectivity index (χ0n) is 12.0. The van der Waals surface area contributed by atoms with Gasteiger partial charge in [-0.2, -0.15) is 0 Å². The van der Waals surface area contributed by atoms with Crippen molar-refractivity contribution in [2.24, 2.45) is 5.92 Å². The van der Waals surface area contributed by atoms with Crippen LogP contribution in [0, 0.1) is 5.92 Å². The molecule has 21 heavy (non-hydrogen) atoms. The molecule has 3 rings (SSSR count). The summed E-state index contributed by atoms with van der Waals surface area (Å²) in [6, 6.07) is 9.97. The van der Waals surface area contributed by atoms with E-state index in [1.165, 1.54) is 5.56 Å². The minimum absolute atomic E-state index is 0.0893. The van der Waals surface area contributed by atoms with Crippen LogP contribution in [0.3, 0.4) is 0 Å². The minimum Gasteiger partial charge on any atom is -0.389 e. The van der Waals surface area contributed by atoms with E-state index in [1.807, 2.05) is 30.3 Å². The van der Waals surface area contributed by atoms with E-state index in [1.54, 1.807) is 0 Å². The molecular formula is C16H22N2O3. The Balaban J connectivity index is 1.42. The van der Waals surface area contributed by atoms with Crippen LogP contribution in [0.15, 0.2) is 30.3 Å². The van der Waals surface area contributed by atoms with Crippen molar-refractivity contribution in [3.05, 3.63) is 35.9 Å². The summed E-state index contributed by atoms with van der Waals surface area (Å²) in [7, 11) is 0. The van der Waals surface area contributed by atoms with Crippen molar-refractivity contribution in [3.63, 3.8) is 0 Å². The lowest BCUT2D eigenvalue weighted by atomic mass is 10.1. The molecule has 3 atom stereocenters. The van der Waals surface area contributed by atoms with Crippen LogP contribution in [0.25, 0.3) is 0 Å². The number of benzene rings is 1. The zero-order chi connectivity index (χ0) is 14.7. The van der Waals surface area contributed by atoms with Crippen LogP contribution >= 0.6 is 0 Å². The fraction of sp³-hybridized carbons (Fsp3) is 0.562. The lowest BCUT2D eigenvalue weighted by Crippen LogP contribution is -2.44. The third-order valence-corrected chi connectivity index (χ3v) is 4.12. The van der Waals surface area contributed by atoms with Gasteiger partial charge in [-0.1, -0.05) is 30.3 Å². The van der Waals surface area contributed by atoms with Gasteiger partial charge < -0.3 is 20.5 Å². The standard InChI is InChI=1S/C16H22N2O3/c19-15-13(17-8-11-4-2-1-3-5-11)10-21-14(15)9-18-16(20)12-6-7-12/h1-5,12-15,17,19H,6-10H2,(H,18,20). The first kappa shape index (κ1) is 14.5. The predicted octanol–water partition coefficient (Wildman–Crippen LogP) is 0.431. The molecule has 1 heterocycles. The molecule has 1 saturated heterocycles. The van der Waals surface area contributed by atoms with Gasteiger partial charge in [-0.15, -0.1) is 0 Å². The number of carbonyl (C=O) groups is 1. The second kappa shape index (κ2) is 6.56. The van der Waals surface area contributed by atoms with E-state index in [2.05, 4.69) is 10.6 Å². The number of ether oxygens (including phenoxy) is 1. The van der Waals surface area contributed by atoms with Gasteiger partial charge in [0.2, 0.25) is 5.91 Å². The maximum Gasteiger partial charge on any atom is 0.223 e. The van der Waals surface area contributed by atoms with Gasteiger partial charge in [0.25, 0.3) is 0 Å². The number of aliphatic hydroxyl groups excluding tert-OH is 1. The maximum atomic E-state index is 11.6. The molecule has 1 aromatic rings. The second-order valence-corrected chi connectivity index (χ2v) is 5.85. The number of rotatable bonds is 6. The molecule has 0 aromatic heterocycles. The molecule has 2 aliphatic rings. The van der Waals surface area contributed by atoms with Gasteiger partial charge >= 0.3 is 0 Å². The van der Waals surface area contributed by atoms with Crippen molar-refractivity contribution in [2.45, 2.75) is 37.6 Å². The monoisotopic (exact) mass is 290 g/mol. The van der Waals surface area contributed by atoms with Crippen molar-refractivity contribution in [1.29, 1.82) is 0 Å². The molecule has 2 fully saturated rings. The molecule has 1 aromatic carbocycles. The molecule has 1 aliphatic carbocycles. The fourth-order valence-electron chi connectivity index (χ4n) is 2.58. The average molecular weight is 290 g/mol. The number of nitrogens with one attached hydrogen (secondary N) is 2. The topological polar surface area (TPSA) is 70.6 Å². The van der Waals surface area contributed by atoms with E-state index in [9.17, 15) is 9.90 Å². The summed E-state index contributed by atoms with van der Waals surface area (Å²) in [5.74, 6) is 0.280. The molecule has 3 unspecified atom stereocenters. The number of hydrogen-bond acceptors (Lipinski definition) is 4. The Labute approximate surface area is 124 Å². The smallest absolute Gasteiger partial charge is 0.223 e. The Kier molecular flexibility index (Phi) is 4.53. The highest BCUT2D eigenvalue weighted by atomic mass is 16.5. The average Bonchev–Trinajstić information content (AvgIpc) is 3.30. The summed E-state index contributed by atoms with van der Waals surface area (Å²) in [5.41, 5.74) is 1.18. The van der Waals surface area contributed by atoms with E-state index in [-0.39, 0.29) is 24.0 Å². The molecule has 1 amide bonds. The van der Waals surface area contributed by atoms with E-state index in [0.717, 1.165) is 12.8 Å². The van der Waals surface area contributed by atoms with Crippen LogP contribution in [0.5, 0.6) is 0 Å². The maximum absolute atomic E-state index is 11.6. The zero-order valence-corrected chi connectivity index (χ0v) is 12.0. The highest BCUT2D eigenvalue weighted by molar-refractivity contribution is 5.80. The molecule has 5 nitrogen and oxygen atoms in total. The molecule has 0 radical (unpaired) electrons. The van der Waals surface area contributed by atoms with Gasteiger partial charge in [0.1, 0.15) is 6.10 Å². The first-order valence-corrected chi connectivity index (χ1v) is 7.59. The molecule has 3 N–H and O–H groups in total. The summed E-state index contributed by atoms with van der Waals surface area (Å²) in [6.45, 7) is 1.56. The summed E-state index contributed by atoms with van der Waals surface area (Å²) in [6.07, 6.45) is 1.07. The Hall–Kier alpha value is -1.43. The Bertz CT molecular complexity index is 476. The normalized spacial score (nSPS) is 28.5. The largest absolute Gasteiger partial charge is 0.389 e. The van der Waals surface area contributed by atoms with Crippen LogP contribution in [-0.4, -0.2) is 42.4 Å². The molecule has 114 valence electrons. The van der Waals surface area contributed by atoms with Crippen molar-refractivity contribution in [3.8, 4) is 0 Å². The number of amides is 1. The summed E-state index contributed by atoms with van der Waals surface area (Å²) < 4.78 is 5.59. The van der Waals surface area contributed by atoms with Crippen molar-refractivity contribution in [1.82, 2.24) is 10.6 Å². The third-order valence-electron chi connectivity index (χ3n) is 4.12. The highest BCUT2D eigenvalue weighted by Crippen LogP contribution is 2.28. The summed E-state index contributed by atoms with van der Waals surface area (Å²) in [5, 5.41) is 16.4. The third kappa shape index (κ3) is 3.81. The van der Waals surface area contributed by atoms with Crippen molar-refractivity contribution in [2.75, 3.05) is 13.2 Å². The molecular weight excluding hydrogens is 268 g/mol. The Morgan fingerprint density at radius 3 is 2.76 bits per heavy atom. The molecule has 5 heteroatoms. The highest BCUT2D eigenvalue weighted by Gasteiger charge is 2.37. The van der Waals surface area contributed by atoms with Crippen LogP contribution in [0.2, 0.25) is 0 Å². The summed E-state index contributed by atoms with van der Waals surface area (Å²) >= 11 is 0. The Morgan fingerprint density at radius 1 is 1.29 bits per heavy atom. The van der Waals surface area contributed by atoms with Crippen LogP contribution in [0.4, 0.5) is 0 Å². The summed E-state index contributed by atoms with van der Waals surface area (Å²) in [4.78, 5) is 11.6. The molecule has 0 bridgehead atoms. The molecule has 1 aliphatic heterocycles. The second-order valence-electron chi connectivity index (χ2n) is 5.85. The SMILES string of the molecule is O=C(NCC1OCC(NCc2ccccc2)C1O)C1CC1. The predicted molar refractivity (Wildman–Crippen MR) is 78.6 cm³/mol. The lowest BCUT2D eigenvalue weighted by Gasteiger charge is -2.19. The quantitative estimate of drug-likeness (QED) is 0.710. The van der Waals surface area contributed by atoms with Gasteiger partial charge in [-0.05, 0) is 18.4 Å². The van der Waals surface area contributed by atoms with Gasteiger partial charge in [0.05, 0.1) is 18.8 Å². The number of aliphatic hydroxyl groups is 1. The lowest BCUT2D eigenvalue weighted by molar-refractivity contribution is -0.123. The fourth-order valence-corrected chi connectivity index (χ4v) is 2.58. The van der Waals surface area contributed by atoms with Crippen LogP contribution < -0.4 is 10.6 Å². The number of hydrogen-bond donors (Lipinski definition) is 3. The molecule has 1 saturated carbocycles. The van der Waals surface area contributed by atoms with E-state index in [4.69, 9.17) is 4.74 Å². The number of carbonyl (C=O) groups excluding carboxylic acids is 1. The van der Waals surface area contributed by atoms with E-state index in [0.29, 0.717) is 19.7 Å². The van der Waals surface area contributed by atoms with Gasteiger partial charge in [-0.3, -0.25) is 4.79 Å². The van der Waals surface area contributed by atoms with Crippen LogP contribution in [-0.2, 0) is 16.1 Å². The van der Waals surface area contributed by atoms with Gasteiger partial charge in [-0.25, -0.2) is 0 Å². The Morgan fingerprint density at radius 2 is 2.05 bits per heavy atom. The first-order valence-electron chi connectivity index (χ1n) is 7.59. The molecule has 0 spiro atoms. The van der Waals surface area contributed by atoms with E-state index >= 15 is 0 Å². The van der Waals surface area contributed by atoms with Gasteiger partial charge in [0, 0.05) is 19.0 Å². The van der Waals surface area contributed by atoms with Crippen molar-refractivity contribution >= 4 is 5.91 Å². The van der Waals surface area contributed by atoms with Crippen molar-refractivity contribution < 1.29 is 14.6 Å².